The Kier molecular flexibility index (Phi) is 4.37. The Morgan fingerprint density at radius 3 is 2.52 bits per heavy atom. The van der Waals surface area contributed by atoms with E-state index in [1.807, 2.05) is 18.3 Å². The molecule has 0 amide bonds. The summed E-state index contributed by atoms with van der Waals surface area (Å²) < 4.78 is 0. The smallest absolute Gasteiger partial charge is 0.139 e. The van der Waals surface area contributed by atoms with Crippen LogP contribution >= 0.6 is 0 Å². The van der Waals surface area contributed by atoms with E-state index in [9.17, 15) is 0 Å². The molecule has 1 fully saturated rings. The maximum atomic E-state index is 4.31. The zero-order valence-corrected chi connectivity index (χ0v) is 15.7. The van der Waals surface area contributed by atoms with E-state index in [4.69, 9.17) is 0 Å². The van der Waals surface area contributed by atoms with Gasteiger partial charge in [-0.05, 0) is 52.7 Å². The van der Waals surface area contributed by atoms with E-state index in [0.29, 0.717) is 6.04 Å². The van der Waals surface area contributed by atoms with Gasteiger partial charge in [-0.15, -0.1) is 0 Å². The second-order valence-corrected chi connectivity index (χ2v) is 8.33. The Morgan fingerprint density at radius 2 is 1.84 bits per heavy atom. The molecule has 1 aliphatic heterocycles. The lowest BCUT2D eigenvalue weighted by Crippen LogP contribution is -2.61. The molecule has 0 radical (unpaired) electrons. The number of hydrogen-bond donors (Lipinski definition) is 4. The quantitative estimate of drug-likeness (QED) is 0.624. The van der Waals surface area contributed by atoms with Crippen molar-refractivity contribution >= 4 is 16.7 Å². The molecule has 134 valence electrons. The van der Waals surface area contributed by atoms with Gasteiger partial charge in [0.15, 0.2) is 0 Å². The van der Waals surface area contributed by atoms with Crippen molar-refractivity contribution in [2.24, 2.45) is 0 Å². The van der Waals surface area contributed by atoms with Crippen LogP contribution in [0.15, 0.2) is 49.1 Å². The van der Waals surface area contributed by atoms with Crippen molar-refractivity contribution in [2.45, 2.75) is 57.7 Å². The van der Waals surface area contributed by atoms with Gasteiger partial charge in [-0.3, -0.25) is 0 Å². The fourth-order valence-corrected chi connectivity index (χ4v) is 4.06. The van der Waals surface area contributed by atoms with Crippen LogP contribution in [0.25, 0.3) is 11.0 Å². The van der Waals surface area contributed by atoms with Crippen molar-refractivity contribution < 1.29 is 0 Å². The van der Waals surface area contributed by atoms with E-state index >= 15 is 0 Å². The second-order valence-electron chi connectivity index (χ2n) is 8.33. The van der Waals surface area contributed by atoms with Crippen LogP contribution < -0.4 is 16.0 Å². The van der Waals surface area contributed by atoms with E-state index < -0.39 is 0 Å². The van der Waals surface area contributed by atoms with Crippen molar-refractivity contribution in [3.05, 3.63) is 49.1 Å². The predicted molar refractivity (Wildman–Crippen MR) is 105 cm³/mol. The van der Waals surface area contributed by atoms with Crippen LogP contribution in [-0.4, -0.2) is 27.1 Å². The minimum atomic E-state index is 0.0942. The maximum absolute atomic E-state index is 4.31. The van der Waals surface area contributed by atoms with E-state index in [0.717, 1.165) is 41.0 Å². The van der Waals surface area contributed by atoms with Crippen LogP contribution in [0.2, 0.25) is 0 Å². The number of anilines is 1. The molecule has 5 heteroatoms. The fourth-order valence-electron chi connectivity index (χ4n) is 4.06. The Morgan fingerprint density at radius 1 is 1.16 bits per heavy atom. The first kappa shape index (κ1) is 17.5. The Balaban J connectivity index is 1.66. The van der Waals surface area contributed by atoms with Crippen LogP contribution in [0.4, 0.5) is 5.69 Å². The monoisotopic (exact) mass is 339 g/mol. The van der Waals surface area contributed by atoms with Gasteiger partial charge in [0.2, 0.25) is 0 Å². The third-order valence-electron chi connectivity index (χ3n) is 4.67. The summed E-state index contributed by atoms with van der Waals surface area (Å²) in [5, 5.41) is 11.7. The number of aromatic nitrogens is 2. The van der Waals surface area contributed by atoms with Crippen molar-refractivity contribution in [1.82, 2.24) is 20.6 Å². The number of pyridine rings is 1. The SMILES string of the molecule is C=C(Nc1c[nH]c2ncccc12)C(=C)NC1CC(C)(C)NC(C)(C)C1. The topological polar surface area (TPSA) is 64.8 Å². The standard InChI is InChI=1S/C20H29N5/c1-13(23-15-10-19(3,4)25-20(5,6)11-15)14(2)24-17-12-22-18-16(17)8-7-9-21-18/h7-9,12,15,23-25H,1-2,10-11H2,3-6H3,(H,21,22). The van der Waals surface area contributed by atoms with Gasteiger partial charge in [0.25, 0.3) is 0 Å². The van der Waals surface area contributed by atoms with Gasteiger partial charge in [0, 0.05) is 34.9 Å². The van der Waals surface area contributed by atoms with Gasteiger partial charge in [-0.25, -0.2) is 4.98 Å². The van der Waals surface area contributed by atoms with Crippen molar-refractivity contribution in [1.29, 1.82) is 0 Å². The van der Waals surface area contributed by atoms with Gasteiger partial charge in [0.05, 0.1) is 17.1 Å². The molecule has 3 rings (SSSR count). The highest BCUT2D eigenvalue weighted by molar-refractivity contribution is 5.90. The van der Waals surface area contributed by atoms with Crippen LogP contribution in [0.1, 0.15) is 40.5 Å². The molecule has 4 N–H and O–H groups in total. The van der Waals surface area contributed by atoms with E-state index in [1.54, 1.807) is 6.20 Å². The summed E-state index contributed by atoms with van der Waals surface area (Å²) in [5.41, 5.74) is 3.62. The van der Waals surface area contributed by atoms with Gasteiger partial charge in [-0.2, -0.15) is 0 Å². The summed E-state index contributed by atoms with van der Waals surface area (Å²) in [4.78, 5) is 7.47. The molecule has 2 aromatic rings. The van der Waals surface area contributed by atoms with Crippen molar-refractivity contribution in [3.8, 4) is 0 Å². The molecule has 5 nitrogen and oxygen atoms in total. The fraction of sp³-hybridized carbons (Fsp3) is 0.450. The van der Waals surface area contributed by atoms with Crippen LogP contribution in [-0.2, 0) is 0 Å². The predicted octanol–water partition coefficient (Wildman–Crippen LogP) is 3.90. The largest absolute Gasteiger partial charge is 0.381 e. The number of rotatable bonds is 5. The molecule has 2 aromatic heterocycles. The first-order valence-electron chi connectivity index (χ1n) is 8.78. The van der Waals surface area contributed by atoms with Gasteiger partial charge >= 0.3 is 0 Å². The van der Waals surface area contributed by atoms with Crippen LogP contribution in [0.3, 0.4) is 0 Å². The lowest BCUT2D eigenvalue weighted by molar-refractivity contribution is 0.151. The van der Waals surface area contributed by atoms with Gasteiger partial charge < -0.3 is 20.9 Å². The number of aromatic amines is 1. The highest BCUT2D eigenvalue weighted by Gasteiger charge is 2.37. The van der Waals surface area contributed by atoms with E-state index in [-0.39, 0.29) is 11.1 Å². The molecule has 0 aliphatic carbocycles. The van der Waals surface area contributed by atoms with E-state index in [1.165, 1.54) is 0 Å². The van der Waals surface area contributed by atoms with Gasteiger partial charge in [-0.1, -0.05) is 13.2 Å². The summed E-state index contributed by atoms with van der Waals surface area (Å²) in [6.07, 6.45) is 5.77. The number of H-pyrrole nitrogens is 1. The number of piperidine rings is 1. The molecule has 0 bridgehead atoms. The average Bonchev–Trinajstić information content (AvgIpc) is 2.87. The minimum Gasteiger partial charge on any atom is -0.381 e. The van der Waals surface area contributed by atoms with Crippen molar-refractivity contribution in [2.75, 3.05) is 5.32 Å². The molecule has 0 unspecified atom stereocenters. The molecule has 0 saturated carbocycles. The van der Waals surface area contributed by atoms with E-state index in [2.05, 4.69) is 66.8 Å². The van der Waals surface area contributed by atoms with Crippen LogP contribution in [0, 0.1) is 0 Å². The van der Waals surface area contributed by atoms with Crippen molar-refractivity contribution in [3.63, 3.8) is 0 Å². The summed E-state index contributed by atoms with van der Waals surface area (Å²) in [7, 11) is 0. The number of fused-ring (bicyclic) bond motifs is 1. The summed E-state index contributed by atoms with van der Waals surface area (Å²) >= 11 is 0. The molecule has 25 heavy (non-hydrogen) atoms. The maximum Gasteiger partial charge on any atom is 0.139 e. The highest BCUT2D eigenvalue weighted by Crippen LogP contribution is 2.29. The number of nitrogens with one attached hydrogen (secondary N) is 4. The Bertz CT molecular complexity index is 783. The molecule has 1 aliphatic rings. The lowest BCUT2D eigenvalue weighted by Gasteiger charge is -2.47. The Hall–Kier alpha value is -2.27. The molecule has 0 spiro atoms. The Labute approximate surface area is 150 Å². The number of hydrogen-bond acceptors (Lipinski definition) is 4. The molecule has 0 aromatic carbocycles. The zero-order valence-electron chi connectivity index (χ0n) is 15.7. The molecule has 0 atom stereocenters. The summed E-state index contributed by atoms with van der Waals surface area (Å²) in [5.74, 6) is 0. The molecular weight excluding hydrogens is 310 g/mol. The normalized spacial score (nSPS) is 19.5. The number of nitrogens with zero attached hydrogens (tertiary/aromatic N) is 1. The summed E-state index contributed by atoms with van der Waals surface area (Å²) in [6.45, 7) is 17.3. The highest BCUT2D eigenvalue weighted by atomic mass is 15.1. The first-order chi connectivity index (χ1) is 11.7. The summed E-state index contributed by atoms with van der Waals surface area (Å²) in [6, 6.07) is 4.32. The second kappa shape index (κ2) is 6.23. The first-order valence-corrected chi connectivity index (χ1v) is 8.78. The lowest BCUT2D eigenvalue weighted by atomic mass is 9.79. The average molecular weight is 339 g/mol. The third kappa shape index (κ3) is 4.04. The van der Waals surface area contributed by atoms with Gasteiger partial charge in [0.1, 0.15) is 5.65 Å². The third-order valence-corrected chi connectivity index (χ3v) is 4.67. The van der Waals surface area contributed by atoms with Crippen LogP contribution in [0.5, 0.6) is 0 Å². The zero-order chi connectivity index (χ0) is 18.2. The minimum absolute atomic E-state index is 0.0942. The molecular formula is C20H29N5. The molecule has 3 heterocycles. The molecule has 1 saturated heterocycles.